The van der Waals surface area contributed by atoms with Gasteiger partial charge in [0, 0.05) is 61.8 Å². The van der Waals surface area contributed by atoms with Crippen LogP contribution in [0.1, 0.15) is 42.0 Å². The van der Waals surface area contributed by atoms with Crippen LogP contribution in [-0.4, -0.2) is 64.3 Å². The lowest BCUT2D eigenvalue weighted by molar-refractivity contribution is -0.145. The first kappa shape index (κ1) is 32.8. The first-order valence-electron chi connectivity index (χ1n) is 16.5. The molecule has 1 aliphatic carbocycles. The number of piperidine rings is 1. The maximum absolute atomic E-state index is 14.3. The van der Waals surface area contributed by atoms with E-state index in [2.05, 4.69) is 35.8 Å². The average molecular weight is 647 g/mol. The SMILES string of the molecule is CNCc1ccccc1CN(CC(=O)Nc1ccc2c(c1)C[C@H](C(=O)Nc1ccccn1)C2)C(=O)C1(C)CCN(c2ncccn2)CC1. The fourth-order valence-electron chi connectivity index (χ4n) is 6.65. The first-order valence-corrected chi connectivity index (χ1v) is 16.5. The van der Waals surface area contributed by atoms with E-state index in [1.165, 1.54) is 0 Å². The van der Waals surface area contributed by atoms with Crippen molar-refractivity contribution >= 4 is 35.2 Å². The van der Waals surface area contributed by atoms with Gasteiger partial charge in [-0.25, -0.2) is 15.0 Å². The highest BCUT2D eigenvalue weighted by Crippen LogP contribution is 2.35. The molecule has 4 aromatic rings. The second kappa shape index (κ2) is 14.7. The molecule has 2 aliphatic rings. The number of fused-ring (bicyclic) bond motifs is 1. The van der Waals surface area contributed by atoms with Gasteiger partial charge in [0.15, 0.2) is 0 Å². The molecule has 0 bridgehead atoms. The van der Waals surface area contributed by atoms with Crippen molar-refractivity contribution in [2.24, 2.45) is 11.3 Å². The summed E-state index contributed by atoms with van der Waals surface area (Å²) >= 11 is 0. The zero-order valence-electron chi connectivity index (χ0n) is 27.5. The largest absolute Gasteiger partial charge is 0.341 e. The summed E-state index contributed by atoms with van der Waals surface area (Å²) < 4.78 is 0. The van der Waals surface area contributed by atoms with Gasteiger partial charge in [0.05, 0.1) is 0 Å². The zero-order chi connectivity index (χ0) is 33.5. The van der Waals surface area contributed by atoms with Crippen LogP contribution in [0.3, 0.4) is 0 Å². The topological polar surface area (TPSA) is 132 Å². The highest BCUT2D eigenvalue weighted by atomic mass is 16.2. The van der Waals surface area contributed by atoms with Crippen LogP contribution in [0, 0.1) is 11.3 Å². The monoisotopic (exact) mass is 646 g/mol. The third kappa shape index (κ3) is 7.69. The molecule has 3 amide bonds. The van der Waals surface area contributed by atoms with E-state index in [0.717, 1.165) is 22.3 Å². The van der Waals surface area contributed by atoms with Crippen molar-refractivity contribution in [1.29, 1.82) is 0 Å². The molecule has 0 saturated carbocycles. The molecular weight excluding hydrogens is 604 g/mol. The van der Waals surface area contributed by atoms with Gasteiger partial charge in [-0.05, 0) is 85.3 Å². The minimum atomic E-state index is -0.637. The molecule has 0 unspecified atom stereocenters. The molecule has 3 heterocycles. The van der Waals surface area contributed by atoms with Crippen LogP contribution in [0.5, 0.6) is 0 Å². The molecule has 6 rings (SSSR count). The number of hydrogen-bond donors (Lipinski definition) is 3. The number of amides is 3. The first-order chi connectivity index (χ1) is 23.3. The zero-order valence-corrected chi connectivity index (χ0v) is 27.5. The molecule has 1 fully saturated rings. The lowest BCUT2D eigenvalue weighted by atomic mass is 9.79. The number of carbonyl (C=O) groups is 3. The molecule has 1 saturated heterocycles. The Kier molecular flexibility index (Phi) is 10.1. The minimum absolute atomic E-state index is 0.0405. The number of pyridine rings is 1. The van der Waals surface area contributed by atoms with Crippen molar-refractivity contribution in [2.75, 3.05) is 42.2 Å². The lowest BCUT2D eigenvalue weighted by Crippen LogP contribution is -2.50. The van der Waals surface area contributed by atoms with Crippen molar-refractivity contribution < 1.29 is 14.4 Å². The van der Waals surface area contributed by atoms with E-state index in [9.17, 15) is 14.4 Å². The summed E-state index contributed by atoms with van der Waals surface area (Å²) in [4.78, 5) is 57.6. The summed E-state index contributed by atoms with van der Waals surface area (Å²) in [6, 6.07) is 21.0. The van der Waals surface area contributed by atoms with E-state index >= 15 is 0 Å². The Balaban J connectivity index is 1.14. The van der Waals surface area contributed by atoms with E-state index in [0.29, 0.717) is 69.3 Å². The van der Waals surface area contributed by atoms with Gasteiger partial charge in [0.2, 0.25) is 23.7 Å². The van der Waals surface area contributed by atoms with Gasteiger partial charge in [-0.2, -0.15) is 0 Å². The molecule has 2 aromatic heterocycles. The lowest BCUT2D eigenvalue weighted by Gasteiger charge is -2.41. The summed E-state index contributed by atoms with van der Waals surface area (Å²) in [6.07, 6.45) is 7.56. The predicted molar refractivity (Wildman–Crippen MR) is 185 cm³/mol. The minimum Gasteiger partial charge on any atom is -0.341 e. The molecule has 1 aliphatic heterocycles. The van der Waals surface area contributed by atoms with E-state index < -0.39 is 5.41 Å². The normalized spacial score (nSPS) is 16.5. The van der Waals surface area contributed by atoms with Crippen LogP contribution in [0.15, 0.2) is 85.3 Å². The number of nitrogens with one attached hydrogen (secondary N) is 3. The molecule has 3 N–H and O–H groups in total. The number of hydrogen-bond acceptors (Lipinski definition) is 8. The summed E-state index contributed by atoms with van der Waals surface area (Å²) in [5.41, 5.74) is 4.22. The van der Waals surface area contributed by atoms with Crippen molar-refractivity contribution in [1.82, 2.24) is 25.2 Å². The second-order valence-electron chi connectivity index (χ2n) is 12.9. The maximum atomic E-state index is 14.3. The Morgan fingerprint density at radius 2 is 1.56 bits per heavy atom. The van der Waals surface area contributed by atoms with Gasteiger partial charge >= 0.3 is 0 Å². The van der Waals surface area contributed by atoms with Gasteiger partial charge in [0.25, 0.3) is 0 Å². The third-order valence-electron chi connectivity index (χ3n) is 9.40. The van der Waals surface area contributed by atoms with Crippen LogP contribution in [-0.2, 0) is 40.3 Å². The third-order valence-corrected chi connectivity index (χ3v) is 9.40. The smallest absolute Gasteiger partial charge is 0.244 e. The van der Waals surface area contributed by atoms with E-state index in [1.54, 1.807) is 41.7 Å². The fourth-order valence-corrected chi connectivity index (χ4v) is 6.65. The van der Waals surface area contributed by atoms with Gasteiger partial charge in [-0.15, -0.1) is 0 Å². The van der Waals surface area contributed by atoms with Crippen molar-refractivity contribution in [3.63, 3.8) is 0 Å². The summed E-state index contributed by atoms with van der Waals surface area (Å²) in [6.45, 7) is 4.20. The van der Waals surface area contributed by atoms with Crippen molar-refractivity contribution in [2.45, 2.75) is 45.7 Å². The Hall–Kier alpha value is -5.16. The van der Waals surface area contributed by atoms with Crippen LogP contribution < -0.4 is 20.9 Å². The van der Waals surface area contributed by atoms with Crippen molar-refractivity contribution in [3.05, 3.63) is 108 Å². The van der Waals surface area contributed by atoms with Crippen LogP contribution >= 0.6 is 0 Å². The number of benzene rings is 2. The summed E-state index contributed by atoms with van der Waals surface area (Å²) in [7, 11) is 1.89. The number of rotatable bonds is 11. The van der Waals surface area contributed by atoms with Gasteiger partial charge in [0.1, 0.15) is 12.4 Å². The van der Waals surface area contributed by atoms with Crippen molar-refractivity contribution in [3.8, 4) is 0 Å². The standard InChI is InChI=1S/C37H42N8O3/c1-37(13-18-44(19-14-37)36-40-16-7-17-41-36)35(48)45(24-28-9-4-3-8-27(28)23-38-2)25-33(46)42-31-12-11-26-20-30(21-29(26)22-31)34(47)43-32-10-5-6-15-39-32/h3-12,15-17,22,30,38H,13-14,18-21,23-25H2,1-2H3,(H,42,46)(H,39,43,47)/t30-/m1/s1. The molecule has 11 heteroatoms. The second-order valence-corrected chi connectivity index (χ2v) is 12.9. The Morgan fingerprint density at radius 1 is 0.854 bits per heavy atom. The van der Waals surface area contributed by atoms with Gasteiger partial charge in [-0.1, -0.05) is 43.3 Å². The number of nitrogens with zero attached hydrogens (tertiary/aromatic N) is 5. The number of anilines is 3. The van der Waals surface area contributed by atoms with Gasteiger partial charge in [-0.3, -0.25) is 14.4 Å². The molecule has 48 heavy (non-hydrogen) atoms. The molecule has 248 valence electrons. The highest BCUT2D eigenvalue weighted by Gasteiger charge is 2.40. The molecule has 1 atom stereocenters. The van der Waals surface area contributed by atoms with E-state index in [4.69, 9.17) is 0 Å². The Bertz CT molecular complexity index is 1740. The summed E-state index contributed by atoms with van der Waals surface area (Å²) in [5, 5.41) is 9.14. The van der Waals surface area contributed by atoms with Crippen LogP contribution in [0.25, 0.3) is 0 Å². The predicted octanol–water partition coefficient (Wildman–Crippen LogP) is 4.22. The van der Waals surface area contributed by atoms with E-state index in [1.807, 2.05) is 62.5 Å². The molecular formula is C37H42N8O3. The highest BCUT2D eigenvalue weighted by molar-refractivity contribution is 5.96. The quantitative estimate of drug-likeness (QED) is 0.221. The number of aromatic nitrogens is 3. The molecule has 11 nitrogen and oxygen atoms in total. The van der Waals surface area contributed by atoms with Crippen LogP contribution in [0.4, 0.5) is 17.5 Å². The van der Waals surface area contributed by atoms with Crippen LogP contribution in [0.2, 0.25) is 0 Å². The fraction of sp³-hybridized carbons (Fsp3) is 0.351. The Labute approximate surface area is 281 Å². The molecule has 0 spiro atoms. The van der Waals surface area contributed by atoms with Gasteiger partial charge < -0.3 is 25.8 Å². The summed E-state index contributed by atoms with van der Waals surface area (Å²) in [5.74, 6) is 0.609. The molecule has 2 aromatic carbocycles. The molecule has 0 radical (unpaired) electrons. The average Bonchev–Trinajstić information content (AvgIpc) is 3.54. The van der Waals surface area contributed by atoms with E-state index in [-0.39, 0.29) is 30.2 Å². The number of carbonyl (C=O) groups excluding carboxylic acids is 3. The maximum Gasteiger partial charge on any atom is 0.244 e. The Morgan fingerprint density at radius 3 is 2.29 bits per heavy atom.